The number of nitrogens with one attached hydrogen (secondary N) is 1. The highest BCUT2D eigenvalue weighted by molar-refractivity contribution is 5.31. The molecule has 0 bridgehead atoms. The Morgan fingerprint density at radius 2 is 2.05 bits per heavy atom. The Morgan fingerprint density at radius 3 is 2.63 bits per heavy atom. The second-order valence-electron chi connectivity index (χ2n) is 4.88. The fourth-order valence-electron chi connectivity index (χ4n) is 2.59. The van der Waals surface area contributed by atoms with Gasteiger partial charge in [-0.15, -0.1) is 0 Å². The van der Waals surface area contributed by atoms with Gasteiger partial charge in [0, 0.05) is 6.42 Å². The quantitative estimate of drug-likeness (QED) is 0.883. The third-order valence-corrected chi connectivity index (χ3v) is 3.56. The Morgan fingerprint density at radius 1 is 1.37 bits per heavy atom. The van der Waals surface area contributed by atoms with Crippen LogP contribution < -0.4 is 14.8 Å². The molecule has 1 fully saturated rings. The summed E-state index contributed by atoms with van der Waals surface area (Å²) in [7, 11) is 1.64. The fraction of sp³-hybridized carbons (Fsp3) is 0.533. The van der Waals surface area contributed by atoms with Crippen molar-refractivity contribution < 1.29 is 9.47 Å². The van der Waals surface area contributed by atoms with Crippen LogP contribution in [0.25, 0.3) is 0 Å². The predicted octanol–water partition coefficient (Wildman–Crippen LogP) is 2.50. The smallest absolute Gasteiger partial charge is 0.119 e. The second kappa shape index (κ2) is 5.94. The number of nitriles is 1. The average molecular weight is 260 g/mol. The Labute approximate surface area is 114 Å². The van der Waals surface area contributed by atoms with Gasteiger partial charge in [0.15, 0.2) is 0 Å². The largest absolute Gasteiger partial charge is 0.497 e. The summed E-state index contributed by atoms with van der Waals surface area (Å²) >= 11 is 0. The van der Waals surface area contributed by atoms with E-state index in [4.69, 9.17) is 9.47 Å². The molecule has 2 atom stereocenters. The van der Waals surface area contributed by atoms with E-state index in [1.54, 1.807) is 7.11 Å². The molecule has 102 valence electrons. The van der Waals surface area contributed by atoms with Gasteiger partial charge in [0.2, 0.25) is 0 Å². The van der Waals surface area contributed by atoms with E-state index >= 15 is 0 Å². The van der Waals surface area contributed by atoms with Crippen LogP contribution in [0.15, 0.2) is 24.3 Å². The summed E-state index contributed by atoms with van der Waals surface area (Å²) in [5.74, 6) is 1.65. The minimum atomic E-state index is -0.411. The lowest BCUT2D eigenvalue weighted by Gasteiger charge is -2.22. The molecule has 4 nitrogen and oxygen atoms in total. The minimum Gasteiger partial charge on any atom is -0.497 e. The van der Waals surface area contributed by atoms with Gasteiger partial charge in [-0.05, 0) is 43.7 Å². The monoisotopic (exact) mass is 260 g/mol. The third-order valence-electron chi connectivity index (χ3n) is 3.56. The number of methoxy groups -OCH3 is 1. The highest BCUT2D eigenvalue weighted by Crippen LogP contribution is 2.32. The number of hydrogen-bond donors (Lipinski definition) is 1. The van der Waals surface area contributed by atoms with E-state index in [1.807, 2.05) is 31.2 Å². The first-order valence-corrected chi connectivity index (χ1v) is 6.68. The summed E-state index contributed by atoms with van der Waals surface area (Å²) in [5, 5.41) is 12.6. The Bertz CT molecular complexity index is 452. The van der Waals surface area contributed by atoms with Gasteiger partial charge >= 0.3 is 0 Å². The maximum atomic E-state index is 9.32. The lowest BCUT2D eigenvalue weighted by molar-refractivity contribution is 0.201. The molecular weight excluding hydrogens is 240 g/mol. The lowest BCUT2D eigenvalue weighted by Crippen LogP contribution is -2.42. The molecule has 1 saturated carbocycles. The molecule has 1 aromatic carbocycles. The van der Waals surface area contributed by atoms with Crippen molar-refractivity contribution in [3.05, 3.63) is 24.3 Å². The van der Waals surface area contributed by atoms with Crippen molar-refractivity contribution in [1.29, 1.82) is 5.26 Å². The van der Waals surface area contributed by atoms with Crippen molar-refractivity contribution in [1.82, 2.24) is 5.32 Å². The summed E-state index contributed by atoms with van der Waals surface area (Å²) < 4.78 is 11.0. The molecule has 1 N–H and O–H groups in total. The summed E-state index contributed by atoms with van der Waals surface area (Å²) in [6.45, 7) is 2.83. The van der Waals surface area contributed by atoms with E-state index in [2.05, 4.69) is 11.4 Å². The van der Waals surface area contributed by atoms with Crippen LogP contribution in [0.2, 0.25) is 0 Å². The van der Waals surface area contributed by atoms with Crippen LogP contribution >= 0.6 is 0 Å². The average Bonchev–Trinajstić information content (AvgIpc) is 2.84. The predicted molar refractivity (Wildman–Crippen MR) is 73.3 cm³/mol. The number of rotatable bonds is 5. The van der Waals surface area contributed by atoms with E-state index in [1.165, 1.54) is 0 Å². The van der Waals surface area contributed by atoms with E-state index in [-0.39, 0.29) is 6.10 Å². The van der Waals surface area contributed by atoms with Crippen LogP contribution in [0, 0.1) is 11.3 Å². The van der Waals surface area contributed by atoms with Crippen LogP contribution in [-0.2, 0) is 0 Å². The summed E-state index contributed by atoms with van der Waals surface area (Å²) in [4.78, 5) is 0. The number of hydrogen-bond acceptors (Lipinski definition) is 4. The van der Waals surface area contributed by atoms with Crippen molar-refractivity contribution in [2.75, 3.05) is 13.7 Å². The van der Waals surface area contributed by atoms with Crippen molar-refractivity contribution in [2.24, 2.45) is 0 Å². The van der Waals surface area contributed by atoms with Crippen molar-refractivity contribution in [3.63, 3.8) is 0 Å². The summed E-state index contributed by atoms with van der Waals surface area (Å²) in [5.41, 5.74) is -0.411. The van der Waals surface area contributed by atoms with Crippen LogP contribution in [0.1, 0.15) is 26.2 Å². The number of nitrogens with zero attached hydrogens (tertiary/aromatic N) is 1. The molecule has 0 amide bonds. The molecule has 2 rings (SSSR count). The van der Waals surface area contributed by atoms with Crippen LogP contribution in [-0.4, -0.2) is 25.3 Å². The molecule has 0 aliphatic heterocycles. The molecule has 0 heterocycles. The van der Waals surface area contributed by atoms with Crippen LogP contribution in [0.3, 0.4) is 0 Å². The summed E-state index contributed by atoms with van der Waals surface area (Å²) in [6, 6.07) is 9.97. The highest BCUT2D eigenvalue weighted by Gasteiger charge is 2.39. The molecule has 2 unspecified atom stereocenters. The first-order valence-electron chi connectivity index (χ1n) is 6.68. The third kappa shape index (κ3) is 3.18. The molecule has 0 saturated heterocycles. The normalized spacial score (nSPS) is 25.8. The van der Waals surface area contributed by atoms with Gasteiger partial charge in [0.05, 0.1) is 13.2 Å². The molecular formula is C15H20N2O2. The zero-order chi connectivity index (χ0) is 13.7. The van der Waals surface area contributed by atoms with E-state index < -0.39 is 5.54 Å². The zero-order valence-electron chi connectivity index (χ0n) is 11.5. The molecule has 4 heteroatoms. The molecule has 0 radical (unpaired) electrons. The molecule has 1 aliphatic carbocycles. The SMILES string of the molecule is CCNC1(C#N)CCC(Oc2ccc(OC)cc2)C1. The Hall–Kier alpha value is -1.73. The lowest BCUT2D eigenvalue weighted by atomic mass is 10.00. The van der Waals surface area contributed by atoms with Gasteiger partial charge < -0.3 is 9.47 Å². The number of benzene rings is 1. The zero-order valence-corrected chi connectivity index (χ0v) is 11.5. The highest BCUT2D eigenvalue weighted by atomic mass is 16.5. The first-order chi connectivity index (χ1) is 9.21. The first kappa shape index (κ1) is 13.7. The van der Waals surface area contributed by atoms with Gasteiger partial charge in [-0.2, -0.15) is 5.26 Å². The van der Waals surface area contributed by atoms with E-state index in [9.17, 15) is 5.26 Å². The van der Waals surface area contributed by atoms with Crippen molar-refractivity contribution in [3.8, 4) is 17.6 Å². The van der Waals surface area contributed by atoms with Gasteiger partial charge in [-0.1, -0.05) is 6.92 Å². The van der Waals surface area contributed by atoms with Crippen molar-refractivity contribution >= 4 is 0 Å². The standard InChI is InChI=1S/C15H20N2O2/c1-3-17-15(11-16)9-8-14(10-15)19-13-6-4-12(18-2)5-7-13/h4-7,14,17H,3,8-10H2,1-2H3. The number of ether oxygens (including phenoxy) is 2. The molecule has 0 aromatic heterocycles. The Balaban J connectivity index is 1.96. The topological polar surface area (TPSA) is 54.3 Å². The van der Waals surface area contributed by atoms with Crippen LogP contribution in [0.5, 0.6) is 11.5 Å². The molecule has 0 spiro atoms. The molecule has 19 heavy (non-hydrogen) atoms. The minimum absolute atomic E-state index is 0.104. The van der Waals surface area contributed by atoms with Gasteiger partial charge in [-0.3, -0.25) is 5.32 Å². The second-order valence-corrected chi connectivity index (χ2v) is 4.88. The van der Waals surface area contributed by atoms with E-state index in [0.29, 0.717) is 0 Å². The summed E-state index contributed by atoms with van der Waals surface area (Å²) in [6.07, 6.45) is 2.60. The fourth-order valence-corrected chi connectivity index (χ4v) is 2.59. The molecule has 1 aromatic rings. The Kier molecular flexibility index (Phi) is 4.28. The maximum absolute atomic E-state index is 9.32. The van der Waals surface area contributed by atoms with Crippen molar-refractivity contribution in [2.45, 2.75) is 37.8 Å². The maximum Gasteiger partial charge on any atom is 0.119 e. The van der Waals surface area contributed by atoms with Gasteiger partial charge in [-0.25, -0.2) is 0 Å². The van der Waals surface area contributed by atoms with Crippen LogP contribution in [0.4, 0.5) is 0 Å². The van der Waals surface area contributed by atoms with Gasteiger partial charge in [0.25, 0.3) is 0 Å². The van der Waals surface area contributed by atoms with Gasteiger partial charge in [0.1, 0.15) is 23.1 Å². The van der Waals surface area contributed by atoms with E-state index in [0.717, 1.165) is 37.3 Å². The molecule has 1 aliphatic rings.